The van der Waals surface area contributed by atoms with Crippen molar-refractivity contribution >= 4 is 33.5 Å². The highest BCUT2D eigenvalue weighted by Crippen LogP contribution is 2.21. The Morgan fingerprint density at radius 2 is 1.86 bits per heavy atom. The van der Waals surface area contributed by atoms with Crippen molar-refractivity contribution in [1.82, 2.24) is 0 Å². The lowest BCUT2D eigenvalue weighted by Gasteiger charge is -2.10. The lowest BCUT2D eigenvalue weighted by Crippen LogP contribution is -2.16. The molecule has 1 N–H and O–H groups in total. The molecule has 2 aromatic carbocycles. The molecule has 0 aliphatic rings. The molecule has 0 atom stereocenters. The second kappa shape index (κ2) is 6.49. The second-order valence-corrected chi connectivity index (χ2v) is 4.97. The normalized spacial score (nSPS) is 10.0. The van der Waals surface area contributed by atoms with Crippen molar-refractivity contribution in [2.75, 3.05) is 12.4 Å². The Morgan fingerprint density at radius 3 is 2.52 bits per heavy atom. The summed E-state index contributed by atoms with van der Waals surface area (Å²) in [5.41, 5.74) is 0.541. The van der Waals surface area contributed by atoms with E-state index in [0.717, 1.165) is 12.1 Å². The summed E-state index contributed by atoms with van der Waals surface area (Å²) in [4.78, 5) is 23.8. The van der Waals surface area contributed by atoms with Crippen molar-refractivity contribution in [2.24, 2.45) is 0 Å². The van der Waals surface area contributed by atoms with E-state index in [1.165, 1.54) is 13.2 Å². The zero-order valence-electron chi connectivity index (χ0n) is 11.0. The van der Waals surface area contributed by atoms with Crippen LogP contribution in [0, 0.1) is 5.82 Å². The second-order valence-electron chi connectivity index (χ2n) is 4.12. The van der Waals surface area contributed by atoms with E-state index in [4.69, 9.17) is 0 Å². The molecule has 2 rings (SSSR count). The van der Waals surface area contributed by atoms with E-state index in [9.17, 15) is 14.0 Å². The van der Waals surface area contributed by atoms with Crippen molar-refractivity contribution in [2.45, 2.75) is 0 Å². The quantitative estimate of drug-likeness (QED) is 0.859. The fourth-order valence-electron chi connectivity index (χ4n) is 1.74. The molecule has 21 heavy (non-hydrogen) atoms. The van der Waals surface area contributed by atoms with Gasteiger partial charge in [-0.3, -0.25) is 4.79 Å². The number of esters is 1. The third-order valence-electron chi connectivity index (χ3n) is 2.75. The first-order chi connectivity index (χ1) is 10.0. The number of hydrogen-bond acceptors (Lipinski definition) is 3. The third kappa shape index (κ3) is 3.46. The number of methoxy groups -OCH3 is 1. The van der Waals surface area contributed by atoms with E-state index < -0.39 is 17.7 Å². The molecule has 0 unspecified atom stereocenters. The number of carbonyl (C=O) groups is 2. The lowest BCUT2D eigenvalue weighted by atomic mass is 10.1. The highest BCUT2D eigenvalue weighted by atomic mass is 79.9. The first-order valence-electron chi connectivity index (χ1n) is 5.96. The number of anilines is 1. The molecule has 0 saturated heterocycles. The van der Waals surface area contributed by atoms with Crippen LogP contribution in [0.5, 0.6) is 0 Å². The molecule has 0 spiro atoms. The largest absolute Gasteiger partial charge is 0.465 e. The Balaban J connectivity index is 2.34. The first kappa shape index (κ1) is 15.2. The van der Waals surface area contributed by atoms with E-state index in [1.54, 1.807) is 24.3 Å². The number of hydrogen-bond donors (Lipinski definition) is 1. The maximum Gasteiger partial charge on any atom is 0.340 e. The standard InChI is InChI=1S/C15H11BrFNO3/c1-21-15(20)11-8-9(17)6-7-13(11)18-14(19)10-4-2-3-5-12(10)16/h2-8H,1H3,(H,18,19). The summed E-state index contributed by atoms with van der Waals surface area (Å²) in [6, 6.07) is 10.3. The summed E-state index contributed by atoms with van der Waals surface area (Å²) in [6.45, 7) is 0. The van der Waals surface area contributed by atoms with Gasteiger partial charge in [-0.2, -0.15) is 0 Å². The molecule has 0 aliphatic carbocycles. The van der Waals surface area contributed by atoms with Gasteiger partial charge in [0, 0.05) is 4.47 Å². The Kier molecular flexibility index (Phi) is 4.70. The average Bonchev–Trinajstić information content (AvgIpc) is 2.48. The number of rotatable bonds is 3. The molecule has 0 radical (unpaired) electrons. The van der Waals surface area contributed by atoms with E-state index in [1.807, 2.05) is 0 Å². The molecule has 0 heterocycles. The van der Waals surface area contributed by atoms with Crippen LogP contribution in [0.3, 0.4) is 0 Å². The summed E-state index contributed by atoms with van der Waals surface area (Å²) in [7, 11) is 1.19. The van der Waals surface area contributed by atoms with Gasteiger partial charge in [0.2, 0.25) is 0 Å². The molecule has 0 fully saturated rings. The number of benzene rings is 2. The molecule has 0 saturated carbocycles. The summed E-state index contributed by atoms with van der Waals surface area (Å²) in [6.07, 6.45) is 0. The Labute approximate surface area is 129 Å². The van der Waals surface area contributed by atoms with Crippen LogP contribution < -0.4 is 5.32 Å². The molecular weight excluding hydrogens is 341 g/mol. The molecule has 0 aromatic heterocycles. The average molecular weight is 352 g/mol. The smallest absolute Gasteiger partial charge is 0.340 e. The molecule has 0 aliphatic heterocycles. The minimum atomic E-state index is -0.725. The van der Waals surface area contributed by atoms with Crippen LogP contribution in [-0.4, -0.2) is 19.0 Å². The van der Waals surface area contributed by atoms with Gasteiger partial charge in [-0.15, -0.1) is 0 Å². The van der Waals surface area contributed by atoms with Crippen molar-refractivity contribution in [1.29, 1.82) is 0 Å². The molecule has 4 nitrogen and oxygen atoms in total. The fourth-order valence-corrected chi connectivity index (χ4v) is 2.20. The minimum absolute atomic E-state index is 0.0436. The summed E-state index contributed by atoms with van der Waals surface area (Å²) in [5.74, 6) is -1.73. The molecule has 6 heteroatoms. The zero-order valence-corrected chi connectivity index (χ0v) is 12.6. The van der Waals surface area contributed by atoms with Crippen molar-refractivity contribution in [3.05, 3.63) is 63.9 Å². The van der Waals surface area contributed by atoms with Crippen molar-refractivity contribution in [3.8, 4) is 0 Å². The van der Waals surface area contributed by atoms with Gasteiger partial charge < -0.3 is 10.1 Å². The number of nitrogens with one attached hydrogen (secondary N) is 1. The maximum atomic E-state index is 13.2. The number of carbonyl (C=O) groups excluding carboxylic acids is 2. The Hall–Kier alpha value is -2.21. The summed E-state index contributed by atoms with van der Waals surface area (Å²) >= 11 is 3.27. The Bertz CT molecular complexity index is 703. The topological polar surface area (TPSA) is 55.4 Å². The van der Waals surface area contributed by atoms with Crippen molar-refractivity contribution in [3.63, 3.8) is 0 Å². The molecule has 2 aromatic rings. The maximum absolute atomic E-state index is 13.2. The molecule has 1 amide bonds. The fraction of sp³-hybridized carbons (Fsp3) is 0.0667. The van der Waals surface area contributed by atoms with Gasteiger partial charge in [0.05, 0.1) is 23.9 Å². The van der Waals surface area contributed by atoms with Crippen LogP contribution in [0.25, 0.3) is 0 Å². The summed E-state index contributed by atoms with van der Waals surface area (Å²) < 4.78 is 18.4. The minimum Gasteiger partial charge on any atom is -0.465 e. The van der Waals surface area contributed by atoms with Crippen LogP contribution in [0.1, 0.15) is 20.7 Å². The van der Waals surface area contributed by atoms with Gasteiger partial charge in [0.1, 0.15) is 5.82 Å². The van der Waals surface area contributed by atoms with Gasteiger partial charge in [0.25, 0.3) is 5.91 Å². The van der Waals surface area contributed by atoms with Crippen LogP contribution >= 0.6 is 15.9 Å². The predicted octanol–water partition coefficient (Wildman–Crippen LogP) is 3.63. The van der Waals surface area contributed by atoms with E-state index >= 15 is 0 Å². The number of ether oxygens (including phenoxy) is 1. The predicted molar refractivity (Wildman–Crippen MR) is 79.8 cm³/mol. The van der Waals surface area contributed by atoms with Gasteiger partial charge in [-0.1, -0.05) is 12.1 Å². The summed E-state index contributed by atoms with van der Waals surface area (Å²) in [5, 5.41) is 2.57. The number of amides is 1. The monoisotopic (exact) mass is 351 g/mol. The Morgan fingerprint density at radius 1 is 1.14 bits per heavy atom. The van der Waals surface area contributed by atoms with Crippen LogP contribution in [0.4, 0.5) is 10.1 Å². The lowest BCUT2D eigenvalue weighted by molar-refractivity contribution is 0.0601. The molecular formula is C15H11BrFNO3. The van der Waals surface area contributed by atoms with Crippen LogP contribution in [0.15, 0.2) is 46.9 Å². The van der Waals surface area contributed by atoms with Gasteiger partial charge in [-0.05, 0) is 46.3 Å². The van der Waals surface area contributed by atoms with E-state index in [2.05, 4.69) is 26.0 Å². The van der Waals surface area contributed by atoms with Crippen LogP contribution in [0.2, 0.25) is 0 Å². The van der Waals surface area contributed by atoms with E-state index in [-0.39, 0.29) is 11.3 Å². The first-order valence-corrected chi connectivity index (χ1v) is 6.76. The third-order valence-corrected chi connectivity index (χ3v) is 3.45. The van der Waals surface area contributed by atoms with E-state index in [0.29, 0.717) is 10.0 Å². The zero-order chi connectivity index (χ0) is 15.4. The molecule has 108 valence electrons. The molecule has 0 bridgehead atoms. The van der Waals surface area contributed by atoms with Crippen LogP contribution in [-0.2, 0) is 4.74 Å². The van der Waals surface area contributed by atoms with Gasteiger partial charge >= 0.3 is 5.97 Å². The van der Waals surface area contributed by atoms with Gasteiger partial charge in [0.15, 0.2) is 0 Å². The SMILES string of the molecule is COC(=O)c1cc(F)ccc1NC(=O)c1ccccc1Br. The highest BCUT2D eigenvalue weighted by molar-refractivity contribution is 9.10. The highest BCUT2D eigenvalue weighted by Gasteiger charge is 2.16. The van der Waals surface area contributed by atoms with Crippen molar-refractivity contribution < 1.29 is 18.7 Å². The van der Waals surface area contributed by atoms with Gasteiger partial charge in [-0.25, -0.2) is 9.18 Å². The number of halogens is 2.